The van der Waals surface area contributed by atoms with E-state index in [0.29, 0.717) is 5.92 Å². The fraction of sp³-hybridized carbons (Fsp3) is 0.412. The maximum atomic E-state index is 4.99. The molecule has 0 aromatic carbocycles. The minimum Gasteiger partial charge on any atom is -0.265 e. The van der Waals surface area contributed by atoms with Gasteiger partial charge < -0.3 is 0 Å². The second-order valence-electron chi connectivity index (χ2n) is 5.59. The molecule has 3 heteroatoms. The number of aliphatic imine (C=N–C) groups is 1. The van der Waals surface area contributed by atoms with Crippen LogP contribution < -0.4 is 0 Å². The van der Waals surface area contributed by atoms with Gasteiger partial charge in [-0.05, 0) is 61.1 Å². The average molecular weight is 282 g/mol. The van der Waals surface area contributed by atoms with Gasteiger partial charge in [-0.3, -0.25) is 9.98 Å². The SMILES string of the molecule is C1=C2C(=NC3=C(SCCC3)C2c2ccncc2)CCC1. The van der Waals surface area contributed by atoms with E-state index in [0.717, 1.165) is 12.8 Å². The van der Waals surface area contributed by atoms with E-state index in [2.05, 4.69) is 23.2 Å². The highest BCUT2D eigenvalue weighted by molar-refractivity contribution is 8.03. The standard InChI is InChI=1S/C17H18N2S/c1-2-5-14-13(4-1)16(12-7-9-18-10-8-12)17-15(19-14)6-3-11-20-17/h4,7-10,16H,1-3,5-6,11H2. The van der Waals surface area contributed by atoms with Crippen molar-refractivity contribution >= 4 is 17.5 Å². The van der Waals surface area contributed by atoms with Gasteiger partial charge in [0, 0.05) is 28.9 Å². The zero-order valence-electron chi connectivity index (χ0n) is 11.5. The molecule has 0 spiro atoms. The van der Waals surface area contributed by atoms with E-state index in [4.69, 9.17) is 4.99 Å². The molecule has 2 nitrogen and oxygen atoms in total. The summed E-state index contributed by atoms with van der Waals surface area (Å²) in [6.45, 7) is 0. The topological polar surface area (TPSA) is 25.2 Å². The van der Waals surface area contributed by atoms with Crippen molar-refractivity contribution in [3.8, 4) is 0 Å². The Morgan fingerprint density at radius 2 is 2.00 bits per heavy atom. The van der Waals surface area contributed by atoms with Crippen LogP contribution in [-0.2, 0) is 0 Å². The monoisotopic (exact) mass is 282 g/mol. The maximum absolute atomic E-state index is 4.99. The molecule has 0 saturated heterocycles. The maximum Gasteiger partial charge on any atom is 0.0511 e. The van der Waals surface area contributed by atoms with Gasteiger partial charge in [0.15, 0.2) is 0 Å². The van der Waals surface area contributed by atoms with Crippen molar-refractivity contribution in [2.45, 2.75) is 38.0 Å². The molecule has 0 fully saturated rings. The Hall–Kier alpha value is -1.35. The first-order valence-corrected chi connectivity index (χ1v) is 8.46. The van der Waals surface area contributed by atoms with Crippen molar-refractivity contribution in [1.82, 2.24) is 4.98 Å². The lowest BCUT2D eigenvalue weighted by Gasteiger charge is -2.34. The molecular weight excluding hydrogens is 264 g/mol. The van der Waals surface area contributed by atoms with Gasteiger partial charge in [-0.1, -0.05) is 6.08 Å². The molecule has 1 aliphatic carbocycles. The normalized spacial score (nSPS) is 25.5. The Kier molecular flexibility index (Phi) is 3.23. The predicted molar refractivity (Wildman–Crippen MR) is 85.1 cm³/mol. The summed E-state index contributed by atoms with van der Waals surface area (Å²) in [6, 6.07) is 4.34. The van der Waals surface area contributed by atoms with Crippen LogP contribution in [0.5, 0.6) is 0 Å². The van der Waals surface area contributed by atoms with Gasteiger partial charge >= 0.3 is 0 Å². The van der Waals surface area contributed by atoms with Crippen molar-refractivity contribution in [2.24, 2.45) is 4.99 Å². The van der Waals surface area contributed by atoms with Gasteiger partial charge in [0.05, 0.1) is 5.70 Å². The number of rotatable bonds is 1. The molecule has 0 saturated carbocycles. The molecule has 3 aliphatic rings. The molecule has 0 bridgehead atoms. The van der Waals surface area contributed by atoms with E-state index in [1.165, 1.54) is 52.5 Å². The molecule has 4 rings (SSSR count). The summed E-state index contributed by atoms with van der Waals surface area (Å²) >= 11 is 2.02. The third-order valence-corrected chi connectivity index (χ3v) is 5.57. The third-order valence-electron chi connectivity index (χ3n) is 4.30. The second kappa shape index (κ2) is 5.21. The summed E-state index contributed by atoms with van der Waals surface area (Å²) in [7, 11) is 0. The van der Waals surface area contributed by atoms with Crippen LogP contribution in [0.1, 0.15) is 43.6 Å². The van der Waals surface area contributed by atoms with Crippen LogP contribution >= 0.6 is 11.8 Å². The van der Waals surface area contributed by atoms with Crippen LogP contribution in [0.3, 0.4) is 0 Å². The van der Waals surface area contributed by atoms with E-state index >= 15 is 0 Å². The molecule has 2 aliphatic heterocycles. The highest BCUT2D eigenvalue weighted by Crippen LogP contribution is 2.48. The number of hydrogen-bond acceptors (Lipinski definition) is 3. The number of pyridine rings is 1. The predicted octanol–water partition coefficient (Wildman–Crippen LogP) is 4.47. The number of nitrogens with zero attached hydrogens (tertiary/aromatic N) is 2. The smallest absolute Gasteiger partial charge is 0.0511 e. The minimum absolute atomic E-state index is 0.422. The van der Waals surface area contributed by atoms with Crippen LogP contribution in [0.4, 0.5) is 0 Å². The zero-order valence-corrected chi connectivity index (χ0v) is 12.3. The van der Waals surface area contributed by atoms with Crippen molar-refractivity contribution in [2.75, 3.05) is 5.75 Å². The first-order chi connectivity index (χ1) is 9.93. The van der Waals surface area contributed by atoms with Gasteiger partial charge in [-0.2, -0.15) is 0 Å². The van der Waals surface area contributed by atoms with Crippen LogP contribution in [0, 0.1) is 0 Å². The number of hydrogen-bond donors (Lipinski definition) is 0. The molecule has 102 valence electrons. The highest BCUT2D eigenvalue weighted by Gasteiger charge is 2.33. The van der Waals surface area contributed by atoms with E-state index in [-0.39, 0.29) is 0 Å². The van der Waals surface area contributed by atoms with Gasteiger partial charge in [0.2, 0.25) is 0 Å². The molecule has 0 amide bonds. The molecule has 1 aromatic rings. The summed E-state index contributed by atoms with van der Waals surface area (Å²) in [6.07, 6.45) is 12.3. The number of allylic oxidation sites excluding steroid dienone is 4. The largest absolute Gasteiger partial charge is 0.265 e. The average Bonchev–Trinajstić information content (AvgIpc) is 2.53. The van der Waals surface area contributed by atoms with Crippen molar-refractivity contribution in [1.29, 1.82) is 0 Å². The highest BCUT2D eigenvalue weighted by atomic mass is 32.2. The van der Waals surface area contributed by atoms with E-state index in [1.807, 2.05) is 24.2 Å². The van der Waals surface area contributed by atoms with Gasteiger partial charge in [0.25, 0.3) is 0 Å². The Balaban J connectivity index is 1.87. The molecule has 3 heterocycles. The van der Waals surface area contributed by atoms with E-state index < -0.39 is 0 Å². The summed E-state index contributed by atoms with van der Waals surface area (Å²) in [4.78, 5) is 10.7. The molecular formula is C17H18N2S. The Bertz CT molecular complexity index is 613. The van der Waals surface area contributed by atoms with Crippen LogP contribution in [-0.4, -0.2) is 16.4 Å². The number of fused-ring (bicyclic) bond motifs is 1. The second-order valence-corrected chi connectivity index (χ2v) is 6.72. The number of thioether (sulfide) groups is 1. The van der Waals surface area contributed by atoms with Crippen molar-refractivity contribution < 1.29 is 0 Å². The van der Waals surface area contributed by atoms with Crippen LogP contribution in [0.25, 0.3) is 0 Å². The Morgan fingerprint density at radius 3 is 2.90 bits per heavy atom. The lowest BCUT2D eigenvalue weighted by molar-refractivity contribution is 0.792. The molecule has 0 radical (unpaired) electrons. The summed E-state index contributed by atoms with van der Waals surface area (Å²) < 4.78 is 0. The van der Waals surface area contributed by atoms with Gasteiger partial charge in [0.1, 0.15) is 0 Å². The van der Waals surface area contributed by atoms with E-state index in [9.17, 15) is 0 Å². The first kappa shape index (κ1) is 12.4. The Labute approximate surface area is 124 Å². The third kappa shape index (κ3) is 2.05. The fourth-order valence-corrected chi connectivity index (χ4v) is 4.63. The minimum atomic E-state index is 0.422. The Morgan fingerprint density at radius 1 is 1.10 bits per heavy atom. The fourth-order valence-electron chi connectivity index (χ4n) is 3.37. The molecule has 1 unspecified atom stereocenters. The van der Waals surface area contributed by atoms with E-state index in [1.54, 1.807) is 0 Å². The first-order valence-electron chi connectivity index (χ1n) is 7.47. The molecule has 1 aromatic heterocycles. The summed E-state index contributed by atoms with van der Waals surface area (Å²) in [5.74, 6) is 1.66. The lowest BCUT2D eigenvalue weighted by atomic mass is 9.80. The summed E-state index contributed by atoms with van der Waals surface area (Å²) in [5, 5.41) is 0. The van der Waals surface area contributed by atoms with Gasteiger partial charge in [-0.25, -0.2) is 0 Å². The van der Waals surface area contributed by atoms with Crippen LogP contribution in [0.2, 0.25) is 0 Å². The zero-order chi connectivity index (χ0) is 13.4. The van der Waals surface area contributed by atoms with Crippen molar-refractivity contribution in [3.63, 3.8) is 0 Å². The molecule has 20 heavy (non-hydrogen) atoms. The van der Waals surface area contributed by atoms with Crippen LogP contribution in [0.15, 0.2) is 51.8 Å². The number of aromatic nitrogens is 1. The molecule has 0 N–H and O–H groups in total. The quantitative estimate of drug-likeness (QED) is 0.759. The summed E-state index contributed by atoms with van der Waals surface area (Å²) in [5.41, 5.74) is 5.55. The molecule has 1 atom stereocenters. The van der Waals surface area contributed by atoms with Crippen molar-refractivity contribution in [3.05, 3.63) is 52.3 Å². The lowest BCUT2D eigenvalue weighted by Crippen LogP contribution is -2.22. The van der Waals surface area contributed by atoms with Gasteiger partial charge in [-0.15, -0.1) is 11.8 Å².